The molecule has 1 atom stereocenters. The van der Waals surface area contributed by atoms with Crippen LogP contribution in [0.3, 0.4) is 0 Å². The quantitative estimate of drug-likeness (QED) is 0.727. The summed E-state index contributed by atoms with van der Waals surface area (Å²) in [4.78, 5) is 4.34. The van der Waals surface area contributed by atoms with Crippen LogP contribution < -0.4 is 0 Å². The first-order valence-corrected chi connectivity index (χ1v) is 5.08. The van der Waals surface area contributed by atoms with E-state index in [0.29, 0.717) is 12.2 Å². The first-order chi connectivity index (χ1) is 7.31. The van der Waals surface area contributed by atoms with Crippen LogP contribution in [-0.2, 0) is 13.2 Å². The van der Waals surface area contributed by atoms with E-state index in [1.807, 2.05) is 22.8 Å². The maximum Gasteiger partial charge on any atom is 0.135 e. The lowest BCUT2D eigenvalue weighted by Gasteiger charge is -2.20. The smallest absolute Gasteiger partial charge is 0.135 e. The third-order valence-electron chi connectivity index (χ3n) is 3.00. The van der Waals surface area contributed by atoms with Crippen LogP contribution in [0.5, 0.6) is 0 Å². The minimum Gasteiger partial charge on any atom is -0.388 e. The molecule has 4 heteroatoms. The van der Waals surface area contributed by atoms with Crippen LogP contribution in [0.1, 0.15) is 23.9 Å². The fourth-order valence-electron chi connectivity index (χ4n) is 2.30. The predicted octanol–water partition coefficient (Wildman–Crippen LogP) is 0.966. The number of para-hydroxylation sites is 1. The van der Waals surface area contributed by atoms with Crippen LogP contribution in [0.2, 0.25) is 0 Å². The lowest BCUT2D eigenvalue weighted by atomic mass is 10.0. The van der Waals surface area contributed by atoms with Crippen LogP contribution in [0.25, 0.3) is 11.0 Å². The normalized spacial score (nSPS) is 19.7. The number of aryl methyl sites for hydroxylation is 1. The molecule has 4 nitrogen and oxygen atoms in total. The fraction of sp³-hybridized carbons (Fsp3) is 0.364. The lowest BCUT2D eigenvalue weighted by molar-refractivity contribution is 0.155. The van der Waals surface area contributed by atoms with Crippen molar-refractivity contribution in [1.29, 1.82) is 0 Å². The lowest BCUT2D eigenvalue weighted by Crippen LogP contribution is -2.14. The zero-order chi connectivity index (χ0) is 10.4. The van der Waals surface area contributed by atoms with E-state index >= 15 is 0 Å². The summed E-state index contributed by atoms with van der Waals surface area (Å²) >= 11 is 0. The molecule has 0 spiro atoms. The van der Waals surface area contributed by atoms with Gasteiger partial charge in [-0.2, -0.15) is 0 Å². The van der Waals surface area contributed by atoms with Gasteiger partial charge >= 0.3 is 0 Å². The molecule has 2 N–H and O–H groups in total. The summed E-state index contributed by atoms with van der Waals surface area (Å²) in [6.45, 7) is 0.675. The average molecular weight is 204 g/mol. The topological polar surface area (TPSA) is 58.3 Å². The zero-order valence-electron chi connectivity index (χ0n) is 8.22. The Labute approximate surface area is 86.8 Å². The number of hydrogen-bond acceptors (Lipinski definition) is 3. The van der Waals surface area contributed by atoms with Gasteiger partial charge < -0.3 is 14.8 Å². The van der Waals surface area contributed by atoms with Gasteiger partial charge in [-0.05, 0) is 12.5 Å². The Morgan fingerprint density at radius 3 is 3.13 bits per heavy atom. The number of imidazole rings is 1. The third-order valence-corrected chi connectivity index (χ3v) is 3.00. The molecule has 0 aliphatic carbocycles. The molecule has 2 aromatic rings. The van der Waals surface area contributed by atoms with Gasteiger partial charge in [0, 0.05) is 12.1 Å². The molecular weight excluding hydrogens is 192 g/mol. The highest BCUT2D eigenvalue weighted by Gasteiger charge is 2.22. The Kier molecular flexibility index (Phi) is 1.81. The summed E-state index contributed by atoms with van der Waals surface area (Å²) in [6.07, 6.45) is 0.291. The first kappa shape index (κ1) is 8.88. The molecule has 78 valence electrons. The maximum absolute atomic E-state index is 9.85. The standard InChI is InChI=1S/C11H12N2O2/c14-6-10-12-8-3-1-2-7-9(15)4-5-13(10)11(7)8/h1-3,9,14-15H,4-6H2. The molecule has 0 fully saturated rings. The molecule has 1 aliphatic rings. The largest absolute Gasteiger partial charge is 0.388 e. The Balaban J connectivity index is 2.40. The minimum atomic E-state index is -0.399. The van der Waals surface area contributed by atoms with Crippen LogP contribution in [0.4, 0.5) is 0 Å². The molecule has 15 heavy (non-hydrogen) atoms. The SMILES string of the molecule is OCc1nc2cccc3c2n1CCC3O. The Bertz CT molecular complexity index is 519. The number of rotatable bonds is 1. The van der Waals surface area contributed by atoms with Gasteiger partial charge in [-0.1, -0.05) is 12.1 Å². The van der Waals surface area contributed by atoms with E-state index in [1.165, 1.54) is 0 Å². The van der Waals surface area contributed by atoms with Gasteiger partial charge in [-0.25, -0.2) is 4.98 Å². The molecule has 0 radical (unpaired) electrons. The number of aliphatic hydroxyl groups is 2. The van der Waals surface area contributed by atoms with E-state index in [4.69, 9.17) is 0 Å². The summed E-state index contributed by atoms with van der Waals surface area (Å²) in [6, 6.07) is 5.72. The highest BCUT2D eigenvalue weighted by atomic mass is 16.3. The second-order valence-electron chi connectivity index (χ2n) is 3.86. The highest BCUT2D eigenvalue weighted by molar-refractivity contribution is 5.80. The molecule has 1 unspecified atom stereocenters. The molecule has 2 heterocycles. The highest BCUT2D eigenvalue weighted by Crippen LogP contribution is 2.32. The molecule has 0 bridgehead atoms. The summed E-state index contributed by atoms with van der Waals surface area (Å²) in [5, 5.41) is 19.0. The van der Waals surface area contributed by atoms with Gasteiger partial charge in [0.05, 0.1) is 17.1 Å². The number of aromatic nitrogens is 2. The van der Waals surface area contributed by atoms with E-state index in [2.05, 4.69) is 4.98 Å². The van der Waals surface area contributed by atoms with Crippen LogP contribution in [0, 0.1) is 0 Å². The third kappa shape index (κ3) is 1.12. The summed E-state index contributed by atoms with van der Waals surface area (Å²) in [7, 11) is 0. The van der Waals surface area contributed by atoms with Gasteiger partial charge in [0.25, 0.3) is 0 Å². The van der Waals surface area contributed by atoms with Crippen molar-refractivity contribution in [3.8, 4) is 0 Å². The minimum absolute atomic E-state index is 0.0514. The molecule has 3 rings (SSSR count). The first-order valence-electron chi connectivity index (χ1n) is 5.08. The van der Waals surface area contributed by atoms with Gasteiger partial charge in [0.2, 0.25) is 0 Å². The monoisotopic (exact) mass is 204 g/mol. The number of nitrogens with zero attached hydrogens (tertiary/aromatic N) is 2. The molecule has 0 amide bonds. The molecular formula is C11H12N2O2. The van der Waals surface area contributed by atoms with E-state index in [9.17, 15) is 10.2 Å². The fourth-order valence-corrected chi connectivity index (χ4v) is 2.30. The van der Waals surface area contributed by atoms with Crippen LogP contribution in [-0.4, -0.2) is 19.8 Å². The molecule has 1 aliphatic heterocycles. The van der Waals surface area contributed by atoms with E-state index in [-0.39, 0.29) is 6.61 Å². The van der Waals surface area contributed by atoms with E-state index < -0.39 is 6.10 Å². The van der Waals surface area contributed by atoms with Crippen molar-refractivity contribution in [2.75, 3.05) is 0 Å². The van der Waals surface area contributed by atoms with Crippen molar-refractivity contribution < 1.29 is 10.2 Å². The predicted molar refractivity (Wildman–Crippen MR) is 55.2 cm³/mol. The number of benzene rings is 1. The van der Waals surface area contributed by atoms with Crippen molar-refractivity contribution in [3.63, 3.8) is 0 Å². The molecule has 0 saturated carbocycles. The van der Waals surface area contributed by atoms with Crippen molar-refractivity contribution in [2.24, 2.45) is 0 Å². The number of aliphatic hydroxyl groups excluding tert-OH is 2. The molecule has 0 saturated heterocycles. The zero-order valence-corrected chi connectivity index (χ0v) is 8.22. The average Bonchev–Trinajstić information content (AvgIpc) is 2.63. The van der Waals surface area contributed by atoms with Gasteiger partial charge in [-0.15, -0.1) is 0 Å². The van der Waals surface area contributed by atoms with Crippen LogP contribution in [0.15, 0.2) is 18.2 Å². The van der Waals surface area contributed by atoms with Gasteiger partial charge in [0.15, 0.2) is 0 Å². The van der Waals surface area contributed by atoms with E-state index in [0.717, 1.165) is 23.1 Å². The second-order valence-corrected chi connectivity index (χ2v) is 3.86. The summed E-state index contributed by atoms with van der Waals surface area (Å²) < 4.78 is 2.00. The van der Waals surface area contributed by atoms with Gasteiger partial charge in [-0.3, -0.25) is 0 Å². The summed E-state index contributed by atoms with van der Waals surface area (Å²) in [5.41, 5.74) is 2.75. The Morgan fingerprint density at radius 2 is 2.33 bits per heavy atom. The molecule has 1 aromatic heterocycles. The van der Waals surface area contributed by atoms with Gasteiger partial charge in [0.1, 0.15) is 12.4 Å². The summed E-state index contributed by atoms with van der Waals surface area (Å²) in [5.74, 6) is 0.685. The Hall–Kier alpha value is -1.39. The molecule has 1 aromatic carbocycles. The van der Waals surface area contributed by atoms with Crippen molar-refractivity contribution >= 4 is 11.0 Å². The van der Waals surface area contributed by atoms with Crippen molar-refractivity contribution in [1.82, 2.24) is 9.55 Å². The number of hydrogen-bond donors (Lipinski definition) is 2. The van der Waals surface area contributed by atoms with Crippen molar-refractivity contribution in [2.45, 2.75) is 25.7 Å². The second kappa shape index (κ2) is 3.05. The van der Waals surface area contributed by atoms with Crippen molar-refractivity contribution in [3.05, 3.63) is 29.6 Å². The van der Waals surface area contributed by atoms with E-state index in [1.54, 1.807) is 0 Å². The Morgan fingerprint density at radius 1 is 1.47 bits per heavy atom. The van der Waals surface area contributed by atoms with Crippen LogP contribution >= 0.6 is 0 Å². The maximum atomic E-state index is 9.85.